The number of hydrogen-bond acceptors (Lipinski definition) is 5. The quantitative estimate of drug-likeness (QED) is 0.475. The average Bonchev–Trinajstić information content (AvgIpc) is 3.39. The van der Waals surface area contributed by atoms with Crippen molar-refractivity contribution in [3.63, 3.8) is 0 Å². The molecule has 4 rings (SSSR count). The largest absolute Gasteiger partial charge is 0.486 e. The van der Waals surface area contributed by atoms with E-state index in [1.54, 1.807) is 42.7 Å². The van der Waals surface area contributed by atoms with E-state index in [1.807, 2.05) is 25.1 Å². The molecule has 0 unspecified atom stereocenters. The Kier molecular flexibility index (Phi) is 5.31. The van der Waals surface area contributed by atoms with Crippen molar-refractivity contribution < 1.29 is 13.9 Å². The van der Waals surface area contributed by atoms with Crippen LogP contribution in [0.4, 0.5) is 5.82 Å². The Balaban J connectivity index is 1.37. The maximum absolute atomic E-state index is 12.4. The summed E-state index contributed by atoms with van der Waals surface area (Å²) in [7, 11) is 0. The van der Waals surface area contributed by atoms with E-state index in [0.29, 0.717) is 22.4 Å². The van der Waals surface area contributed by atoms with Crippen LogP contribution in [0.1, 0.15) is 21.9 Å². The van der Waals surface area contributed by atoms with Crippen molar-refractivity contribution in [3.8, 4) is 17.0 Å². The molecule has 146 valence electrons. The molecule has 0 radical (unpaired) electrons. The lowest BCUT2D eigenvalue weighted by atomic mass is 10.2. The molecule has 0 saturated carbocycles. The summed E-state index contributed by atoms with van der Waals surface area (Å²) in [6, 6.07) is 14.1. The van der Waals surface area contributed by atoms with E-state index in [4.69, 9.17) is 20.8 Å². The van der Waals surface area contributed by atoms with E-state index < -0.39 is 5.91 Å². The van der Waals surface area contributed by atoms with Gasteiger partial charge in [-0.15, -0.1) is 0 Å². The number of benzene rings is 1. The van der Waals surface area contributed by atoms with Crippen LogP contribution in [-0.4, -0.2) is 21.1 Å². The monoisotopic (exact) mass is 408 g/mol. The summed E-state index contributed by atoms with van der Waals surface area (Å²) < 4.78 is 11.3. The van der Waals surface area contributed by atoms with Crippen LogP contribution in [0, 0.1) is 6.92 Å². The zero-order chi connectivity index (χ0) is 20.2. The van der Waals surface area contributed by atoms with Crippen LogP contribution < -0.4 is 10.1 Å². The third-order valence-electron chi connectivity index (χ3n) is 4.21. The summed E-state index contributed by atoms with van der Waals surface area (Å²) in [4.78, 5) is 16.4. The van der Waals surface area contributed by atoms with Crippen molar-refractivity contribution in [2.45, 2.75) is 13.5 Å². The summed E-state index contributed by atoms with van der Waals surface area (Å²) in [5.74, 6) is 1.38. The number of amides is 1. The lowest BCUT2D eigenvalue weighted by molar-refractivity contribution is 0.0992. The Morgan fingerprint density at radius 2 is 2.00 bits per heavy atom. The first kappa shape index (κ1) is 18.8. The molecular weight excluding hydrogens is 392 g/mol. The lowest BCUT2D eigenvalue weighted by Crippen LogP contribution is -2.11. The number of halogens is 1. The van der Waals surface area contributed by atoms with Gasteiger partial charge in [-0.3, -0.25) is 14.9 Å². The number of hydrogen-bond donors (Lipinski definition) is 2. The highest BCUT2D eigenvalue weighted by Gasteiger charge is 2.14. The second-order valence-corrected chi connectivity index (χ2v) is 6.73. The third-order valence-corrected chi connectivity index (χ3v) is 4.63. The molecule has 3 aromatic heterocycles. The summed E-state index contributed by atoms with van der Waals surface area (Å²) in [5, 5.41) is 10.4. The van der Waals surface area contributed by atoms with Gasteiger partial charge in [0.15, 0.2) is 11.6 Å². The molecule has 29 heavy (non-hydrogen) atoms. The summed E-state index contributed by atoms with van der Waals surface area (Å²) in [6.07, 6.45) is 3.37. The van der Waals surface area contributed by atoms with E-state index in [9.17, 15) is 4.79 Å². The molecule has 0 fully saturated rings. The predicted molar refractivity (Wildman–Crippen MR) is 109 cm³/mol. The number of ether oxygens (including phenoxy) is 1. The van der Waals surface area contributed by atoms with E-state index in [1.165, 1.54) is 0 Å². The molecule has 8 heteroatoms. The van der Waals surface area contributed by atoms with E-state index in [2.05, 4.69) is 20.5 Å². The number of pyridine rings is 1. The van der Waals surface area contributed by atoms with E-state index >= 15 is 0 Å². The SMILES string of the molecule is Cc1cc(OCc2ccc(C(=O)Nc3cc(-c4ccncc4)[nH]n3)o2)ccc1Cl. The molecule has 0 aliphatic heterocycles. The minimum atomic E-state index is -0.397. The number of nitrogens with zero attached hydrogens (tertiary/aromatic N) is 2. The number of H-pyrrole nitrogens is 1. The van der Waals surface area contributed by atoms with Gasteiger partial charge in [-0.25, -0.2) is 0 Å². The van der Waals surface area contributed by atoms with Gasteiger partial charge < -0.3 is 14.5 Å². The van der Waals surface area contributed by atoms with Crippen LogP contribution in [0.3, 0.4) is 0 Å². The fourth-order valence-corrected chi connectivity index (χ4v) is 2.80. The molecule has 7 nitrogen and oxygen atoms in total. The van der Waals surface area contributed by atoms with E-state index in [-0.39, 0.29) is 12.4 Å². The Morgan fingerprint density at radius 1 is 1.17 bits per heavy atom. The molecular formula is C21H17ClN4O3. The molecule has 0 saturated heterocycles. The second-order valence-electron chi connectivity index (χ2n) is 6.32. The van der Waals surface area contributed by atoms with Crippen molar-refractivity contribution in [1.29, 1.82) is 0 Å². The lowest BCUT2D eigenvalue weighted by Gasteiger charge is -2.06. The van der Waals surface area contributed by atoms with Crippen molar-refractivity contribution in [1.82, 2.24) is 15.2 Å². The van der Waals surface area contributed by atoms with Gasteiger partial charge in [-0.1, -0.05) is 11.6 Å². The molecule has 3 heterocycles. The molecule has 0 atom stereocenters. The number of aromatic amines is 1. The smallest absolute Gasteiger partial charge is 0.292 e. The zero-order valence-corrected chi connectivity index (χ0v) is 16.2. The highest BCUT2D eigenvalue weighted by molar-refractivity contribution is 6.31. The number of furan rings is 1. The van der Waals surface area contributed by atoms with Gasteiger partial charge in [0, 0.05) is 29.0 Å². The first-order chi connectivity index (χ1) is 14.1. The van der Waals surface area contributed by atoms with Crippen molar-refractivity contribution in [3.05, 3.63) is 83.0 Å². The highest BCUT2D eigenvalue weighted by Crippen LogP contribution is 2.23. The van der Waals surface area contributed by atoms with Crippen molar-refractivity contribution in [2.75, 3.05) is 5.32 Å². The van der Waals surface area contributed by atoms with Gasteiger partial charge in [0.2, 0.25) is 0 Å². The minimum absolute atomic E-state index is 0.171. The summed E-state index contributed by atoms with van der Waals surface area (Å²) >= 11 is 6.01. The summed E-state index contributed by atoms with van der Waals surface area (Å²) in [5.41, 5.74) is 2.62. The topological polar surface area (TPSA) is 93.0 Å². The van der Waals surface area contributed by atoms with Crippen molar-refractivity contribution in [2.24, 2.45) is 0 Å². The van der Waals surface area contributed by atoms with Crippen LogP contribution in [-0.2, 0) is 6.61 Å². The maximum atomic E-state index is 12.4. The van der Waals surface area contributed by atoms with Gasteiger partial charge in [0.25, 0.3) is 5.91 Å². The Morgan fingerprint density at radius 3 is 2.79 bits per heavy atom. The minimum Gasteiger partial charge on any atom is -0.486 e. The molecule has 1 amide bonds. The Bertz CT molecular complexity index is 1140. The number of carbonyl (C=O) groups excluding carboxylic acids is 1. The van der Waals surface area contributed by atoms with Crippen LogP contribution in [0.15, 0.2) is 65.3 Å². The maximum Gasteiger partial charge on any atom is 0.292 e. The second kappa shape index (κ2) is 8.20. The normalized spacial score (nSPS) is 10.7. The number of carbonyl (C=O) groups is 1. The fraction of sp³-hybridized carbons (Fsp3) is 0.0952. The van der Waals surface area contributed by atoms with Gasteiger partial charge in [-0.2, -0.15) is 5.10 Å². The number of rotatable bonds is 6. The molecule has 0 aliphatic carbocycles. The van der Waals surface area contributed by atoms with Crippen LogP contribution in [0.2, 0.25) is 5.02 Å². The number of aromatic nitrogens is 3. The van der Waals surface area contributed by atoms with Crippen LogP contribution in [0.25, 0.3) is 11.3 Å². The first-order valence-electron chi connectivity index (χ1n) is 8.83. The van der Waals surface area contributed by atoms with Gasteiger partial charge >= 0.3 is 0 Å². The standard InChI is InChI=1S/C21H17ClN4O3/c1-13-10-15(2-4-17(13)22)28-12-16-3-5-19(29-16)21(27)24-20-11-18(25-26-20)14-6-8-23-9-7-14/h2-11H,12H2,1H3,(H2,24,25,26,27). The van der Waals surface area contributed by atoms with E-state index in [0.717, 1.165) is 16.8 Å². The molecule has 2 N–H and O–H groups in total. The van der Waals surface area contributed by atoms with Crippen LogP contribution >= 0.6 is 11.6 Å². The number of aryl methyl sites for hydroxylation is 1. The average molecular weight is 409 g/mol. The fourth-order valence-electron chi connectivity index (χ4n) is 2.68. The third kappa shape index (κ3) is 4.47. The predicted octanol–water partition coefficient (Wildman–Crippen LogP) is 4.86. The zero-order valence-electron chi connectivity index (χ0n) is 15.5. The highest BCUT2D eigenvalue weighted by atomic mass is 35.5. The van der Waals surface area contributed by atoms with Gasteiger partial charge in [0.1, 0.15) is 18.1 Å². The Labute approximate surface area is 171 Å². The van der Waals surface area contributed by atoms with Crippen molar-refractivity contribution >= 4 is 23.3 Å². The Hall–Kier alpha value is -3.58. The molecule has 0 bridgehead atoms. The first-order valence-corrected chi connectivity index (χ1v) is 9.21. The van der Waals surface area contributed by atoms with Gasteiger partial charge in [0.05, 0.1) is 5.69 Å². The van der Waals surface area contributed by atoms with Crippen LogP contribution in [0.5, 0.6) is 5.75 Å². The number of anilines is 1. The molecule has 1 aromatic carbocycles. The van der Waals surface area contributed by atoms with Gasteiger partial charge in [-0.05, 0) is 55.0 Å². The molecule has 0 aliphatic rings. The molecule has 0 spiro atoms. The number of nitrogens with one attached hydrogen (secondary N) is 2. The summed E-state index contributed by atoms with van der Waals surface area (Å²) in [6.45, 7) is 2.10. The molecule has 4 aromatic rings.